The Balaban J connectivity index is 2.13. The number of pyridine rings is 1. The molecule has 80 valence electrons. The molecule has 4 heteroatoms. The minimum absolute atomic E-state index is 0.000605. The van der Waals surface area contributed by atoms with Crippen molar-refractivity contribution in [3.8, 4) is 0 Å². The van der Waals surface area contributed by atoms with Crippen molar-refractivity contribution in [2.24, 2.45) is 0 Å². The van der Waals surface area contributed by atoms with Crippen LogP contribution in [-0.4, -0.2) is 28.5 Å². The average molecular weight is 205 g/mol. The Morgan fingerprint density at radius 1 is 1.53 bits per heavy atom. The number of urea groups is 1. The number of carbonyl (C=O) groups is 1. The van der Waals surface area contributed by atoms with Crippen molar-refractivity contribution in [2.45, 2.75) is 25.9 Å². The lowest BCUT2D eigenvalue weighted by atomic mass is 10.2. The van der Waals surface area contributed by atoms with Gasteiger partial charge >= 0.3 is 6.03 Å². The van der Waals surface area contributed by atoms with Crippen LogP contribution in [0, 0.1) is 0 Å². The van der Waals surface area contributed by atoms with Crippen molar-refractivity contribution in [1.29, 1.82) is 0 Å². The van der Waals surface area contributed by atoms with Crippen LogP contribution in [0.3, 0.4) is 0 Å². The first-order chi connectivity index (χ1) is 7.18. The number of hydrogen-bond donors (Lipinski definition) is 1. The lowest BCUT2D eigenvalue weighted by Crippen LogP contribution is -2.33. The van der Waals surface area contributed by atoms with Crippen molar-refractivity contribution in [3.05, 3.63) is 30.1 Å². The molecule has 1 aromatic heterocycles. The molecule has 0 saturated carbocycles. The highest BCUT2D eigenvalue weighted by Gasteiger charge is 2.31. The molecule has 2 amide bonds. The number of carbonyl (C=O) groups excluding carboxylic acids is 1. The van der Waals surface area contributed by atoms with E-state index in [0.29, 0.717) is 6.54 Å². The molecule has 0 aromatic carbocycles. The zero-order valence-electron chi connectivity index (χ0n) is 8.97. The van der Waals surface area contributed by atoms with Gasteiger partial charge in [-0.1, -0.05) is 6.07 Å². The lowest BCUT2D eigenvalue weighted by Gasteiger charge is -2.18. The molecule has 1 unspecified atom stereocenters. The van der Waals surface area contributed by atoms with Gasteiger partial charge in [-0.3, -0.25) is 4.98 Å². The predicted molar refractivity (Wildman–Crippen MR) is 57.4 cm³/mol. The highest BCUT2D eigenvalue weighted by molar-refractivity contribution is 5.77. The van der Waals surface area contributed by atoms with Gasteiger partial charge < -0.3 is 10.2 Å². The van der Waals surface area contributed by atoms with E-state index in [1.807, 2.05) is 36.9 Å². The van der Waals surface area contributed by atoms with E-state index in [9.17, 15) is 4.79 Å². The van der Waals surface area contributed by atoms with E-state index in [0.717, 1.165) is 5.69 Å². The standard InChI is InChI=1S/C11H15N3O/c1-8(2)14-7-10(13-11(14)15)9-5-3-4-6-12-9/h3-6,8,10H,7H2,1-2H3,(H,13,15). The Morgan fingerprint density at radius 2 is 2.33 bits per heavy atom. The molecule has 1 aromatic rings. The molecule has 0 aliphatic carbocycles. The predicted octanol–water partition coefficient (Wildman–Crippen LogP) is 1.56. The molecular weight excluding hydrogens is 190 g/mol. The van der Waals surface area contributed by atoms with Gasteiger partial charge in [0, 0.05) is 18.8 Å². The van der Waals surface area contributed by atoms with Crippen molar-refractivity contribution in [1.82, 2.24) is 15.2 Å². The monoisotopic (exact) mass is 205 g/mol. The zero-order chi connectivity index (χ0) is 10.8. The summed E-state index contributed by atoms with van der Waals surface area (Å²) in [6, 6.07) is 6.02. The number of aromatic nitrogens is 1. The van der Waals surface area contributed by atoms with Crippen molar-refractivity contribution < 1.29 is 4.79 Å². The van der Waals surface area contributed by atoms with Crippen molar-refractivity contribution in [3.63, 3.8) is 0 Å². The minimum atomic E-state index is 0.000605. The Labute approximate surface area is 89.3 Å². The summed E-state index contributed by atoms with van der Waals surface area (Å²) in [5, 5.41) is 2.93. The molecule has 0 bridgehead atoms. The number of nitrogens with one attached hydrogen (secondary N) is 1. The third kappa shape index (κ3) is 1.93. The van der Waals surface area contributed by atoms with Gasteiger partial charge in [-0.05, 0) is 26.0 Å². The maximum Gasteiger partial charge on any atom is 0.318 e. The molecule has 1 aliphatic rings. The molecule has 2 rings (SSSR count). The maximum atomic E-state index is 11.6. The molecule has 1 N–H and O–H groups in total. The highest BCUT2D eigenvalue weighted by Crippen LogP contribution is 2.19. The summed E-state index contributed by atoms with van der Waals surface area (Å²) in [6.45, 7) is 4.73. The molecule has 1 aliphatic heterocycles. The van der Waals surface area contributed by atoms with Crippen LogP contribution in [0.5, 0.6) is 0 Å². The molecule has 0 radical (unpaired) electrons. The Hall–Kier alpha value is -1.58. The van der Waals surface area contributed by atoms with E-state index >= 15 is 0 Å². The highest BCUT2D eigenvalue weighted by atomic mass is 16.2. The third-order valence-electron chi connectivity index (χ3n) is 2.61. The van der Waals surface area contributed by atoms with Crippen molar-refractivity contribution in [2.75, 3.05) is 6.54 Å². The zero-order valence-corrected chi connectivity index (χ0v) is 8.97. The quantitative estimate of drug-likeness (QED) is 0.796. The van der Waals surface area contributed by atoms with E-state index in [-0.39, 0.29) is 18.1 Å². The smallest absolute Gasteiger partial charge is 0.318 e. The van der Waals surface area contributed by atoms with Crippen molar-refractivity contribution >= 4 is 6.03 Å². The van der Waals surface area contributed by atoms with E-state index in [1.54, 1.807) is 6.20 Å². The van der Waals surface area contributed by atoms with E-state index < -0.39 is 0 Å². The SMILES string of the molecule is CC(C)N1CC(c2ccccn2)NC1=O. The van der Waals surface area contributed by atoms with Gasteiger partial charge in [0.05, 0.1) is 11.7 Å². The summed E-state index contributed by atoms with van der Waals surface area (Å²) < 4.78 is 0. The van der Waals surface area contributed by atoms with E-state index in [1.165, 1.54) is 0 Å². The lowest BCUT2D eigenvalue weighted by molar-refractivity contribution is 0.206. The molecule has 1 saturated heterocycles. The minimum Gasteiger partial charge on any atom is -0.328 e. The second-order valence-electron chi connectivity index (χ2n) is 4.00. The van der Waals surface area contributed by atoms with Gasteiger partial charge in [0.2, 0.25) is 0 Å². The van der Waals surface area contributed by atoms with Gasteiger partial charge in [0.25, 0.3) is 0 Å². The maximum absolute atomic E-state index is 11.6. The fourth-order valence-corrected chi connectivity index (χ4v) is 1.75. The number of nitrogens with zero attached hydrogens (tertiary/aromatic N) is 2. The second-order valence-corrected chi connectivity index (χ2v) is 4.00. The van der Waals surface area contributed by atoms with Gasteiger partial charge in [0.15, 0.2) is 0 Å². The van der Waals surface area contributed by atoms with Gasteiger partial charge in [-0.15, -0.1) is 0 Å². The summed E-state index contributed by atoms with van der Waals surface area (Å²) in [7, 11) is 0. The summed E-state index contributed by atoms with van der Waals surface area (Å²) >= 11 is 0. The Bertz CT molecular complexity index is 350. The average Bonchev–Trinajstić information content (AvgIpc) is 2.62. The Morgan fingerprint density at radius 3 is 2.87 bits per heavy atom. The molecular formula is C11H15N3O. The van der Waals surface area contributed by atoms with Crippen LogP contribution in [0.4, 0.5) is 4.79 Å². The van der Waals surface area contributed by atoms with E-state index in [2.05, 4.69) is 10.3 Å². The first-order valence-electron chi connectivity index (χ1n) is 5.16. The van der Waals surface area contributed by atoms with Crippen LogP contribution < -0.4 is 5.32 Å². The Kier molecular flexibility index (Phi) is 2.58. The van der Waals surface area contributed by atoms with Gasteiger partial charge in [-0.25, -0.2) is 4.79 Å². The van der Waals surface area contributed by atoms with Crippen LogP contribution >= 0.6 is 0 Å². The largest absolute Gasteiger partial charge is 0.328 e. The van der Waals surface area contributed by atoms with Crippen LogP contribution in [0.1, 0.15) is 25.6 Å². The summed E-state index contributed by atoms with van der Waals surface area (Å²) in [6.07, 6.45) is 1.75. The molecule has 1 atom stereocenters. The van der Waals surface area contributed by atoms with E-state index in [4.69, 9.17) is 0 Å². The summed E-state index contributed by atoms with van der Waals surface area (Å²) in [5.41, 5.74) is 0.925. The fourth-order valence-electron chi connectivity index (χ4n) is 1.75. The molecule has 2 heterocycles. The first-order valence-corrected chi connectivity index (χ1v) is 5.16. The second kappa shape index (κ2) is 3.88. The van der Waals surface area contributed by atoms with Crippen LogP contribution in [0.15, 0.2) is 24.4 Å². The molecule has 15 heavy (non-hydrogen) atoms. The molecule has 0 spiro atoms. The number of hydrogen-bond acceptors (Lipinski definition) is 2. The summed E-state index contributed by atoms with van der Waals surface area (Å²) in [5.74, 6) is 0. The normalized spacial score (nSPS) is 20.9. The van der Waals surface area contributed by atoms with Crippen LogP contribution in [0.25, 0.3) is 0 Å². The molecule has 1 fully saturated rings. The fraction of sp³-hybridized carbons (Fsp3) is 0.455. The summed E-state index contributed by atoms with van der Waals surface area (Å²) in [4.78, 5) is 17.7. The third-order valence-corrected chi connectivity index (χ3v) is 2.61. The number of amides is 2. The first kappa shape index (κ1) is 9.96. The van der Waals surface area contributed by atoms with Gasteiger partial charge in [-0.2, -0.15) is 0 Å². The van der Waals surface area contributed by atoms with Gasteiger partial charge in [0.1, 0.15) is 0 Å². The number of rotatable bonds is 2. The molecule has 4 nitrogen and oxygen atoms in total. The topological polar surface area (TPSA) is 45.2 Å². The van der Waals surface area contributed by atoms with Crippen LogP contribution in [-0.2, 0) is 0 Å². The van der Waals surface area contributed by atoms with Crippen LogP contribution in [0.2, 0.25) is 0 Å².